The van der Waals surface area contributed by atoms with E-state index in [9.17, 15) is 22.4 Å². The van der Waals surface area contributed by atoms with Crippen LogP contribution in [-0.2, 0) is 22.3 Å². The third kappa shape index (κ3) is 6.56. The number of amides is 1. The minimum Gasteiger partial charge on any atom is -0.379 e. The molecule has 2 heterocycles. The monoisotopic (exact) mass is 527 g/mol. The predicted octanol–water partition coefficient (Wildman–Crippen LogP) is 4.65. The van der Waals surface area contributed by atoms with Gasteiger partial charge in [0, 0.05) is 62.7 Å². The summed E-state index contributed by atoms with van der Waals surface area (Å²) in [6, 6.07) is 10.4. The molecular weight excluding hydrogens is 498 g/mol. The third-order valence-corrected chi connectivity index (χ3v) is 7.24. The van der Waals surface area contributed by atoms with Gasteiger partial charge >= 0.3 is 6.18 Å². The quantitative estimate of drug-likeness (QED) is 0.491. The summed E-state index contributed by atoms with van der Waals surface area (Å²) in [4.78, 5) is 19.1. The van der Waals surface area contributed by atoms with Crippen molar-refractivity contribution in [2.45, 2.75) is 31.1 Å². The van der Waals surface area contributed by atoms with Crippen LogP contribution in [0.4, 0.5) is 17.6 Å². The maximum Gasteiger partial charge on any atom is 0.419 e. The van der Waals surface area contributed by atoms with E-state index in [-0.39, 0.29) is 24.4 Å². The molecule has 2 fully saturated rings. The number of ether oxygens (including phenoxy) is 1. The van der Waals surface area contributed by atoms with Crippen LogP contribution in [0, 0.1) is 5.82 Å². The summed E-state index contributed by atoms with van der Waals surface area (Å²) in [5.41, 5.74) is 0.148. The zero-order valence-corrected chi connectivity index (χ0v) is 20.9. The number of alkyl halides is 3. The van der Waals surface area contributed by atoms with Gasteiger partial charge in [0.25, 0.3) is 0 Å². The van der Waals surface area contributed by atoms with Crippen molar-refractivity contribution in [3.63, 3.8) is 0 Å². The molecule has 1 unspecified atom stereocenters. The van der Waals surface area contributed by atoms with E-state index in [1.807, 2.05) is 35.0 Å². The number of carbonyl (C=O) groups is 1. The summed E-state index contributed by atoms with van der Waals surface area (Å²) < 4.78 is 58.4. The number of benzene rings is 2. The van der Waals surface area contributed by atoms with E-state index in [4.69, 9.17) is 16.3 Å². The fourth-order valence-electron chi connectivity index (χ4n) is 5.03. The van der Waals surface area contributed by atoms with Crippen LogP contribution < -0.4 is 0 Å². The molecule has 0 bridgehead atoms. The smallest absolute Gasteiger partial charge is 0.379 e. The Morgan fingerprint density at radius 2 is 1.89 bits per heavy atom. The number of likely N-dealkylation sites (N-methyl/N-ethyl adjacent to an activating group) is 1. The lowest BCUT2D eigenvalue weighted by atomic mass is 9.93. The normalized spacial score (nSPS) is 21.4. The second kappa shape index (κ2) is 11.5. The molecule has 2 aromatic rings. The lowest BCUT2D eigenvalue weighted by Gasteiger charge is -2.29. The highest BCUT2D eigenvalue weighted by atomic mass is 35.5. The molecule has 2 atom stereocenters. The van der Waals surface area contributed by atoms with Gasteiger partial charge in [0.05, 0.1) is 18.8 Å². The van der Waals surface area contributed by atoms with Crippen molar-refractivity contribution in [1.82, 2.24) is 14.7 Å². The summed E-state index contributed by atoms with van der Waals surface area (Å²) in [5.74, 6) is -1.27. The number of rotatable bonds is 7. The molecule has 0 radical (unpaired) electrons. The van der Waals surface area contributed by atoms with Gasteiger partial charge in [-0.1, -0.05) is 29.8 Å². The van der Waals surface area contributed by atoms with E-state index < -0.39 is 17.6 Å². The molecule has 2 aromatic carbocycles. The Kier molecular flexibility index (Phi) is 8.55. The Labute approximate surface area is 213 Å². The predicted molar refractivity (Wildman–Crippen MR) is 129 cm³/mol. The highest BCUT2D eigenvalue weighted by molar-refractivity contribution is 6.30. The maximum absolute atomic E-state index is 14.1. The van der Waals surface area contributed by atoms with Crippen molar-refractivity contribution >= 4 is 17.5 Å². The molecular formula is C26H30ClF4N3O2. The van der Waals surface area contributed by atoms with Gasteiger partial charge < -0.3 is 9.64 Å². The number of nitrogens with zero attached hydrogens (tertiary/aromatic N) is 3. The van der Waals surface area contributed by atoms with E-state index in [0.29, 0.717) is 49.9 Å². The summed E-state index contributed by atoms with van der Waals surface area (Å²) >= 11 is 6.24. The number of hydrogen-bond donors (Lipinski definition) is 0. The summed E-state index contributed by atoms with van der Waals surface area (Å²) in [6.07, 6.45) is -4.33. The first-order valence-electron chi connectivity index (χ1n) is 12.0. The van der Waals surface area contributed by atoms with Gasteiger partial charge in [-0.3, -0.25) is 14.6 Å². The molecule has 4 rings (SSSR count). The first kappa shape index (κ1) is 26.9. The molecule has 0 aliphatic carbocycles. The molecule has 10 heteroatoms. The minimum absolute atomic E-state index is 0.0414. The Bertz CT molecular complexity index is 1060. The van der Waals surface area contributed by atoms with Crippen LogP contribution in [0.2, 0.25) is 5.02 Å². The Balaban J connectivity index is 1.48. The molecule has 5 nitrogen and oxygen atoms in total. The van der Waals surface area contributed by atoms with Crippen LogP contribution in [0.5, 0.6) is 0 Å². The highest BCUT2D eigenvalue weighted by Gasteiger charge is 2.39. The van der Waals surface area contributed by atoms with Gasteiger partial charge in [0.1, 0.15) is 5.82 Å². The number of likely N-dealkylation sites (tertiary alicyclic amines) is 1. The van der Waals surface area contributed by atoms with Crippen molar-refractivity contribution < 1.29 is 27.1 Å². The second-order valence-electron chi connectivity index (χ2n) is 9.46. The fourth-order valence-corrected chi connectivity index (χ4v) is 5.23. The van der Waals surface area contributed by atoms with Gasteiger partial charge in [-0.2, -0.15) is 13.2 Å². The summed E-state index contributed by atoms with van der Waals surface area (Å²) in [5, 5.41) is 0.593. The number of hydrogen-bond acceptors (Lipinski definition) is 4. The molecule has 0 spiro atoms. The first-order valence-corrected chi connectivity index (χ1v) is 12.4. The van der Waals surface area contributed by atoms with Gasteiger partial charge in [0.2, 0.25) is 5.91 Å². The summed E-state index contributed by atoms with van der Waals surface area (Å²) in [7, 11) is 1.85. The van der Waals surface area contributed by atoms with Crippen LogP contribution in [0.25, 0.3) is 0 Å². The van der Waals surface area contributed by atoms with Crippen LogP contribution in [0.15, 0.2) is 42.5 Å². The van der Waals surface area contributed by atoms with E-state index in [2.05, 4.69) is 4.90 Å². The van der Waals surface area contributed by atoms with Crippen LogP contribution in [0.1, 0.15) is 29.0 Å². The number of morpholine rings is 1. The number of halogens is 5. The van der Waals surface area contributed by atoms with E-state index in [1.54, 1.807) is 6.07 Å². The number of carbonyl (C=O) groups excluding carboxylic acids is 1. The minimum atomic E-state index is -4.74. The van der Waals surface area contributed by atoms with Crippen molar-refractivity contribution in [2.75, 3.05) is 53.0 Å². The molecule has 2 aliphatic rings. The fraction of sp³-hybridized carbons (Fsp3) is 0.500. The lowest BCUT2D eigenvalue weighted by Crippen LogP contribution is -2.40. The van der Waals surface area contributed by atoms with Crippen molar-refractivity contribution in [1.29, 1.82) is 0 Å². The molecule has 36 heavy (non-hydrogen) atoms. The molecule has 0 aromatic heterocycles. The Morgan fingerprint density at radius 1 is 1.14 bits per heavy atom. The first-order chi connectivity index (χ1) is 17.1. The average molecular weight is 528 g/mol. The molecule has 2 aliphatic heterocycles. The SMILES string of the molecule is CN(Cc1ccc(C(F)(F)F)c(F)c1)C1CN(C(=O)CCN2CCOCC2)C[C@@H]1c1cccc(Cl)c1. The van der Waals surface area contributed by atoms with Gasteiger partial charge in [-0.15, -0.1) is 0 Å². The topological polar surface area (TPSA) is 36.0 Å². The molecule has 2 saturated heterocycles. The summed E-state index contributed by atoms with van der Waals surface area (Å²) in [6.45, 7) is 4.87. The zero-order valence-electron chi connectivity index (χ0n) is 20.1. The van der Waals surface area contributed by atoms with Crippen LogP contribution in [-0.4, -0.2) is 79.6 Å². The lowest BCUT2D eigenvalue weighted by molar-refractivity contribution is -0.140. The molecule has 1 amide bonds. The van der Waals surface area contributed by atoms with Crippen LogP contribution >= 0.6 is 11.6 Å². The third-order valence-electron chi connectivity index (χ3n) is 7.00. The standard InChI is InChI=1S/C26H30ClF4N3O2/c1-32(15-18-5-6-22(23(28)13-18)26(29,30)31)24-17-34(16-21(24)19-3-2-4-20(27)14-19)25(35)7-8-33-9-11-36-12-10-33/h2-6,13-14,21,24H,7-12,15-17H2,1H3/t21-,24?/m1/s1. The van der Waals surface area contributed by atoms with E-state index in [0.717, 1.165) is 30.8 Å². The molecule has 196 valence electrons. The largest absolute Gasteiger partial charge is 0.419 e. The van der Waals surface area contributed by atoms with Gasteiger partial charge in [0.15, 0.2) is 0 Å². The van der Waals surface area contributed by atoms with E-state index >= 15 is 0 Å². The van der Waals surface area contributed by atoms with E-state index in [1.165, 1.54) is 6.07 Å². The molecule has 0 saturated carbocycles. The van der Waals surface area contributed by atoms with Gasteiger partial charge in [-0.05, 0) is 42.4 Å². The van der Waals surface area contributed by atoms with Crippen molar-refractivity contribution in [3.05, 3.63) is 70.0 Å². The zero-order chi connectivity index (χ0) is 25.9. The van der Waals surface area contributed by atoms with Crippen LogP contribution in [0.3, 0.4) is 0 Å². The van der Waals surface area contributed by atoms with Crippen molar-refractivity contribution in [2.24, 2.45) is 0 Å². The van der Waals surface area contributed by atoms with Crippen molar-refractivity contribution in [3.8, 4) is 0 Å². The average Bonchev–Trinajstić information content (AvgIpc) is 3.28. The Hall–Kier alpha value is -2.20. The second-order valence-corrected chi connectivity index (χ2v) is 9.90. The maximum atomic E-state index is 14.1. The highest BCUT2D eigenvalue weighted by Crippen LogP contribution is 2.34. The molecule has 0 N–H and O–H groups in total. The van der Waals surface area contributed by atoms with Gasteiger partial charge in [-0.25, -0.2) is 4.39 Å². The Morgan fingerprint density at radius 3 is 2.56 bits per heavy atom.